The summed E-state index contributed by atoms with van der Waals surface area (Å²) < 4.78 is 5.26. The maximum absolute atomic E-state index is 11.5. The number of methoxy groups -OCH3 is 1. The van der Waals surface area contributed by atoms with Crippen molar-refractivity contribution in [2.24, 2.45) is 5.92 Å². The van der Waals surface area contributed by atoms with E-state index in [1.807, 2.05) is 6.07 Å². The van der Waals surface area contributed by atoms with Crippen LogP contribution >= 0.6 is 0 Å². The Morgan fingerprint density at radius 3 is 3.06 bits per heavy atom. The molecule has 2 heteroatoms. The third-order valence-corrected chi connectivity index (χ3v) is 3.96. The van der Waals surface area contributed by atoms with Crippen LogP contribution in [-0.2, 0) is 11.2 Å². The van der Waals surface area contributed by atoms with Crippen LogP contribution in [-0.4, -0.2) is 12.9 Å². The summed E-state index contributed by atoms with van der Waals surface area (Å²) in [6, 6.07) is 6.26. The summed E-state index contributed by atoms with van der Waals surface area (Å²) in [4.78, 5) is 11.5. The molecule has 0 unspecified atom stereocenters. The van der Waals surface area contributed by atoms with Gasteiger partial charge in [-0.2, -0.15) is 0 Å². The van der Waals surface area contributed by atoms with Crippen LogP contribution in [0.5, 0.6) is 5.75 Å². The van der Waals surface area contributed by atoms with Crippen LogP contribution in [0, 0.1) is 5.92 Å². The molecule has 17 heavy (non-hydrogen) atoms. The molecule has 2 aliphatic carbocycles. The summed E-state index contributed by atoms with van der Waals surface area (Å²) in [6.45, 7) is 0. The summed E-state index contributed by atoms with van der Waals surface area (Å²) in [5.41, 5.74) is 2.70. The number of carbonyl (C=O) groups is 1. The van der Waals surface area contributed by atoms with E-state index in [9.17, 15) is 4.79 Å². The Morgan fingerprint density at radius 2 is 2.24 bits per heavy atom. The van der Waals surface area contributed by atoms with Gasteiger partial charge in [-0.05, 0) is 54.0 Å². The fourth-order valence-corrected chi connectivity index (χ4v) is 3.05. The second-order valence-electron chi connectivity index (χ2n) is 4.90. The lowest BCUT2D eigenvalue weighted by Crippen LogP contribution is -2.24. The zero-order valence-electron chi connectivity index (χ0n) is 9.98. The first-order chi connectivity index (χ1) is 8.28. The maximum Gasteiger partial charge on any atom is 0.156 e. The van der Waals surface area contributed by atoms with Gasteiger partial charge < -0.3 is 4.74 Å². The standard InChI is InChI=1S/C15H16O2/c1-17-13-6-7-14-11(8-13)3-2-10-4-5-12(16)9-15(10)14/h4-8,10,15H,2-3,9H2,1H3/t10-,15-/m0/s1. The van der Waals surface area contributed by atoms with Crippen LogP contribution < -0.4 is 4.74 Å². The van der Waals surface area contributed by atoms with Crippen molar-refractivity contribution >= 4 is 5.78 Å². The van der Waals surface area contributed by atoms with Gasteiger partial charge in [0.05, 0.1) is 7.11 Å². The van der Waals surface area contributed by atoms with Crippen LogP contribution in [0.25, 0.3) is 0 Å². The molecule has 0 bridgehead atoms. The number of ketones is 1. The summed E-state index contributed by atoms with van der Waals surface area (Å²) in [5, 5.41) is 0. The molecule has 0 heterocycles. The second-order valence-corrected chi connectivity index (χ2v) is 4.90. The summed E-state index contributed by atoms with van der Waals surface area (Å²) in [7, 11) is 1.69. The van der Waals surface area contributed by atoms with E-state index in [-0.39, 0.29) is 5.78 Å². The average molecular weight is 228 g/mol. The van der Waals surface area contributed by atoms with Crippen LogP contribution in [0.4, 0.5) is 0 Å². The van der Waals surface area contributed by atoms with Crippen molar-refractivity contribution in [2.45, 2.75) is 25.2 Å². The number of hydrogen-bond acceptors (Lipinski definition) is 2. The van der Waals surface area contributed by atoms with E-state index in [0.29, 0.717) is 18.3 Å². The molecule has 88 valence electrons. The number of fused-ring (bicyclic) bond motifs is 3. The van der Waals surface area contributed by atoms with Gasteiger partial charge in [-0.1, -0.05) is 12.1 Å². The van der Waals surface area contributed by atoms with Crippen molar-refractivity contribution in [3.05, 3.63) is 41.5 Å². The third kappa shape index (κ3) is 1.78. The first-order valence-corrected chi connectivity index (χ1v) is 6.16. The lowest BCUT2D eigenvalue weighted by Gasteiger charge is -2.33. The molecule has 0 saturated heterocycles. The maximum atomic E-state index is 11.5. The highest BCUT2D eigenvalue weighted by Crippen LogP contribution is 2.42. The van der Waals surface area contributed by atoms with Crippen molar-refractivity contribution in [3.63, 3.8) is 0 Å². The minimum Gasteiger partial charge on any atom is -0.497 e. The quantitative estimate of drug-likeness (QED) is 0.738. The molecule has 2 atom stereocenters. The summed E-state index contributed by atoms with van der Waals surface area (Å²) in [5.74, 6) is 2.12. The largest absolute Gasteiger partial charge is 0.497 e. The highest BCUT2D eigenvalue weighted by atomic mass is 16.5. The first-order valence-electron chi connectivity index (χ1n) is 6.16. The number of benzene rings is 1. The molecule has 0 aliphatic heterocycles. The van der Waals surface area contributed by atoms with E-state index >= 15 is 0 Å². The van der Waals surface area contributed by atoms with Crippen LogP contribution in [0.2, 0.25) is 0 Å². The van der Waals surface area contributed by atoms with E-state index < -0.39 is 0 Å². The van der Waals surface area contributed by atoms with Crippen molar-refractivity contribution in [1.82, 2.24) is 0 Å². The molecule has 0 radical (unpaired) electrons. The average Bonchev–Trinajstić information content (AvgIpc) is 2.37. The smallest absolute Gasteiger partial charge is 0.156 e. The van der Waals surface area contributed by atoms with E-state index in [2.05, 4.69) is 18.2 Å². The Hall–Kier alpha value is -1.57. The Balaban J connectivity index is 2.01. The minimum absolute atomic E-state index is 0.259. The van der Waals surface area contributed by atoms with Gasteiger partial charge in [0.25, 0.3) is 0 Å². The van der Waals surface area contributed by atoms with Gasteiger partial charge in [0.2, 0.25) is 0 Å². The van der Waals surface area contributed by atoms with Crippen LogP contribution in [0.3, 0.4) is 0 Å². The molecule has 1 aromatic carbocycles. The normalized spacial score (nSPS) is 26.3. The van der Waals surface area contributed by atoms with E-state index in [1.165, 1.54) is 11.1 Å². The number of allylic oxidation sites excluding steroid dienone is 2. The zero-order chi connectivity index (χ0) is 11.8. The van der Waals surface area contributed by atoms with Crippen LogP contribution in [0.1, 0.15) is 29.9 Å². The van der Waals surface area contributed by atoms with Gasteiger partial charge in [0.1, 0.15) is 5.75 Å². The Labute approximate surface area is 101 Å². The van der Waals surface area contributed by atoms with Gasteiger partial charge >= 0.3 is 0 Å². The van der Waals surface area contributed by atoms with E-state index in [1.54, 1.807) is 13.2 Å². The summed E-state index contributed by atoms with van der Waals surface area (Å²) in [6.07, 6.45) is 6.76. The molecule has 0 saturated carbocycles. The van der Waals surface area contributed by atoms with Crippen molar-refractivity contribution in [3.8, 4) is 5.75 Å². The number of hydrogen-bond donors (Lipinski definition) is 0. The molecule has 2 aliphatic rings. The molecule has 0 amide bonds. The van der Waals surface area contributed by atoms with Crippen molar-refractivity contribution in [1.29, 1.82) is 0 Å². The highest BCUT2D eigenvalue weighted by molar-refractivity contribution is 5.91. The fourth-order valence-electron chi connectivity index (χ4n) is 3.05. The van der Waals surface area contributed by atoms with Gasteiger partial charge in [0.15, 0.2) is 5.78 Å². The zero-order valence-corrected chi connectivity index (χ0v) is 9.98. The molecule has 0 N–H and O–H groups in total. The lowest BCUT2D eigenvalue weighted by molar-refractivity contribution is -0.115. The van der Waals surface area contributed by atoms with Crippen molar-refractivity contribution in [2.75, 3.05) is 7.11 Å². The lowest BCUT2D eigenvalue weighted by atomic mass is 9.70. The topological polar surface area (TPSA) is 26.3 Å². The molecule has 3 rings (SSSR count). The Bertz CT molecular complexity index is 488. The molecule has 0 fully saturated rings. The van der Waals surface area contributed by atoms with Crippen LogP contribution in [0.15, 0.2) is 30.4 Å². The molecule has 0 aromatic heterocycles. The molecule has 1 aromatic rings. The number of ether oxygens (including phenoxy) is 1. The van der Waals surface area contributed by atoms with Gasteiger partial charge in [0, 0.05) is 6.42 Å². The monoisotopic (exact) mass is 228 g/mol. The van der Waals surface area contributed by atoms with E-state index in [0.717, 1.165) is 18.6 Å². The number of carbonyl (C=O) groups excluding carboxylic acids is 1. The first kappa shape index (κ1) is 10.6. The minimum atomic E-state index is 0.259. The van der Waals surface area contributed by atoms with Gasteiger partial charge in [-0.15, -0.1) is 0 Å². The third-order valence-electron chi connectivity index (χ3n) is 3.96. The molecular weight excluding hydrogens is 212 g/mol. The van der Waals surface area contributed by atoms with Gasteiger partial charge in [-0.25, -0.2) is 0 Å². The molecule has 2 nitrogen and oxygen atoms in total. The number of rotatable bonds is 1. The predicted molar refractivity (Wildman–Crippen MR) is 66.3 cm³/mol. The van der Waals surface area contributed by atoms with Crippen molar-refractivity contribution < 1.29 is 9.53 Å². The van der Waals surface area contributed by atoms with E-state index in [4.69, 9.17) is 4.74 Å². The SMILES string of the molecule is COc1ccc2c(c1)CC[C@H]1C=CC(=O)C[C@H]21. The number of aryl methyl sites for hydroxylation is 1. The highest BCUT2D eigenvalue weighted by Gasteiger charge is 2.31. The fraction of sp³-hybridized carbons (Fsp3) is 0.400. The second kappa shape index (κ2) is 4.02. The molecular formula is C15H16O2. The Morgan fingerprint density at radius 1 is 1.35 bits per heavy atom. The predicted octanol–water partition coefficient (Wildman–Crippen LogP) is 2.87. The Kier molecular flexibility index (Phi) is 2.50. The van der Waals surface area contributed by atoms with Gasteiger partial charge in [-0.3, -0.25) is 4.79 Å². The summed E-state index contributed by atoms with van der Waals surface area (Å²) >= 11 is 0. The molecule has 0 spiro atoms.